The highest BCUT2D eigenvalue weighted by molar-refractivity contribution is 5.79. The van der Waals surface area contributed by atoms with E-state index >= 15 is 0 Å². The highest BCUT2D eigenvalue weighted by atomic mass is 16.1. The highest BCUT2D eigenvalue weighted by Gasteiger charge is 2.27. The molecule has 0 aromatic rings. The fraction of sp³-hybridized carbons (Fsp3) is 0.933. The van der Waals surface area contributed by atoms with E-state index in [0.29, 0.717) is 6.54 Å². The van der Waals surface area contributed by atoms with E-state index in [2.05, 4.69) is 26.1 Å². The summed E-state index contributed by atoms with van der Waals surface area (Å²) in [6.07, 6.45) is 8.39. The molecule has 106 valence electrons. The maximum atomic E-state index is 12.3. The topological polar surface area (TPSA) is 55.1 Å². The van der Waals surface area contributed by atoms with Crippen LogP contribution in [0.25, 0.3) is 0 Å². The molecule has 0 radical (unpaired) electrons. The Bertz CT molecular complexity index is 250. The predicted molar refractivity (Wildman–Crippen MR) is 76.2 cm³/mol. The number of carbonyl (C=O) groups is 1. The molecule has 0 spiro atoms. The van der Waals surface area contributed by atoms with Crippen LogP contribution in [0.15, 0.2) is 0 Å². The Morgan fingerprint density at radius 3 is 2.11 bits per heavy atom. The maximum absolute atomic E-state index is 12.3. The monoisotopic (exact) mass is 254 g/mol. The van der Waals surface area contributed by atoms with Gasteiger partial charge in [-0.3, -0.25) is 4.79 Å². The van der Waals surface area contributed by atoms with Gasteiger partial charge in [0.1, 0.15) is 0 Å². The molecule has 1 aliphatic rings. The molecular weight excluding hydrogens is 224 g/mol. The van der Waals surface area contributed by atoms with E-state index < -0.39 is 0 Å². The van der Waals surface area contributed by atoms with Crippen molar-refractivity contribution < 1.29 is 4.79 Å². The van der Waals surface area contributed by atoms with Crippen molar-refractivity contribution in [3.05, 3.63) is 0 Å². The van der Waals surface area contributed by atoms with Gasteiger partial charge in [0.25, 0.3) is 0 Å². The fourth-order valence-electron chi connectivity index (χ4n) is 2.64. The number of hydrogen-bond acceptors (Lipinski definition) is 2. The van der Waals surface area contributed by atoms with Gasteiger partial charge in [0.2, 0.25) is 5.91 Å². The smallest absolute Gasteiger partial charge is 0.223 e. The minimum atomic E-state index is 0.0338. The van der Waals surface area contributed by atoms with Crippen molar-refractivity contribution in [3.8, 4) is 0 Å². The molecule has 1 saturated carbocycles. The van der Waals surface area contributed by atoms with Crippen molar-refractivity contribution in [3.63, 3.8) is 0 Å². The summed E-state index contributed by atoms with van der Waals surface area (Å²) in [5.74, 6) is 0.434. The molecule has 0 aromatic heterocycles. The van der Waals surface area contributed by atoms with Crippen molar-refractivity contribution >= 4 is 5.91 Å². The Labute approximate surface area is 112 Å². The number of amides is 1. The van der Waals surface area contributed by atoms with Gasteiger partial charge >= 0.3 is 0 Å². The summed E-state index contributed by atoms with van der Waals surface area (Å²) >= 11 is 0. The lowest BCUT2D eigenvalue weighted by molar-refractivity contribution is -0.127. The molecule has 1 atom stereocenters. The molecule has 0 saturated heterocycles. The number of hydrogen-bond donors (Lipinski definition) is 2. The zero-order valence-corrected chi connectivity index (χ0v) is 12.3. The Hall–Kier alpha value is -0.570. The standard InChI is InChI=1S/C15H30N2O/c1-15(2,3)13(11-16)17-14(18)12-9-7-5-4-6-8-10-12/h12-13H,4-11,16H2,1-3H3,(H,17,18). The Kier molecular flexibility index (Phi) is 6.13. The molecule has 18 heavy (non-hydrogen) atoms. The zero-order valence-electron chi connectivity index (χ0n) is 12.3. The SMILES string of the molecule is CC(C)(C)C(CN)NC(=O)C1CCCCCCC1. The second kappa shape index (κ2) is 7.13. The quantitative estimate of drug-likeness (QED) is 0.813. The lowest BCUT2D eigenvalue weighted by Gasteiger charge is -2.32. The summed E-state index contributed by atoms with van der Waals surface area (Å²) in [6.45, 7) is 6.90. The molecule has 3 nitrogen and oxygen atoms in total. The van der Waals surface area contributed by atoms with Crippen LogP contribution in [0, 0.1) is 11.3 Å². The molecule has 1 aliphatic carbocycles. The first kappa shape index (κ1) is 15.5. The van der Waals surface area contributed by atoms with E-state index in [1.54, 1.807) is 0 Å². The third-order valence-corrected chi connectivity index (χ3v) is 4.07. The first-order chi connectivity index (χ1) is 8.45. The van der Waals surface area contributed by atoms with Crippen molar-refractivity contribution in [2.24, 2.45) is 17.1 Å². The normalized spacial score (nSPS) is 20.9. The molecule has 1 rings (SSSR count). The fourth-order valence-corrected chi connectivity index (χ4v) is 2.64. The largest absolute Gasteiger partial charge is 0.351 e. The van der Waals surface area contributed by atoms with Crippen molar-refractivity contribution in [1.82, 2.24) is 5.32 Å². The number of carbonyl (C=O) groups excluding carboxylic acids is 1. The van der Waals surface area contributed by atoms with E-state index in [1.165, 1.54) is 32.1 Å². The summed E-state index contributed by atoms with van der Waals surface area (Å²) in [6, 6.07) is 0.0791. The van der Waals surface area contributed by atoms with Crippen LogP contribution < -0.4 is 11.1 Å². The second-order valence-corrected chi connectivity index (χ2v) is 6.70. The minimum Gasteiger partial charge on any atom is -0.351 e. The van der Waals surface area contributed by atoms with E-state index in [1.807, 2.05) is 0 Å². The van der Waals surface area contributed by atoms with Crippen LogP contribution in [0.4, 0.5) is 0 Å². The molecule has 0 heterocycles. The van der Waals surface area contributed by atoms with Crippen LogP contribution >= 0.6 is 0 Å². The molecule has 0 aliphatic heterocycles. The van der Waals surface area contributed by atoms with E-state index in [9.17, 15) is 4.79 Å². The molecule has 1 unspecified atom stereocenters. The van der Waals surface area contributed by atoms with Gasteiger partial charge in [-0.1, -0.05) is 52.9 Å². The van der Waals surface area contributed by atoms with E-state index in [4.69, 9.17) is 5.73 Å². The number of nitrogens with one attached hydrogen (secondary N) is 1. The van der Waals surface area contributed by atoms with Crippen LogP contribution in [0.5, 0.6) is 0 Å². The van der Waals surface area contributed by atoms with Gasteiger partial charge in [0, 0.05) is 18.5 Å². The number of nitrogens with two attached hydrogens (primary N) is 1. The van der Waals surface area contributed by atoms with E-state index in [-0.39, 0.29) is 23.3 Å². The van der Waals surface area contributed by atoms with Crippen molar-refractivity contribution in [2.45, 2.75) is 71.8 Å². The van der Waals surface area contributed by atoms with Crippen LogP contribution in [0.2, 0.25) is 0 Å². The molecular formula is C15H30N2O. The van der Waals surface area contributed by atoms with E-state index in [0.717, 1.165) is 12.8 Å². The Balaban J connectivity index is 2.51. The van der Waals surface area contributed by atoms with Gasteiger partial charge in [0.05, 0.1) is 0 Å². The van der Waals surface area contributed by atoms with Gasteiger partial charge in [-0.05, 0) is 18.3 Å². The van der Waals surface area contributed by atoms with Gasteiger partial charge in [-0.2, -0.15) is 0 Å². The summed E-state index contributed by atoms with van der Waals surface area (Å²) < 4.78 is 0. The van der Waals surface area contributed by atoms with Gasteiger partial charge in [-0.25, -0.2) is 0 Å². The van der Waals surface area contributed by atoms with Crippen molar-refractivity contribution in [1.29, 1.82) is 0 Å². The molecule has 3 heteroatoms. The van der Waals surface area contributed by atoms with Gasteiger partial charge in [-0.15, -0.1) is 0 Å². The average Bonchev–Trinajstić information content (AvgIpc) is 2.23. The maximum Gasteiger partial charge on any atom is 0.223 e. The molecule has 0 aromatic carbocycles. The van der Waals surface area contributed by atoms with Crippen LogP contribution in [0.1, 0.15) is 65.7 Å². The molecule has 1 amide bonds. The first-order valence-electron chi connectivity index (χ1n) is 7.45. The van der Waals surface area contributed by atoms with Gasteiger partial charge in [0.15, 0.2) is 0 Å². The Morgan fingerprint density at radius 2 is 1.67 bits per heavy atom. The summed E-state index contributed by atoms with van der Waals surface area (Å²) in [4.78, 5) is 12.3. The zero-order chi connectivity index (χ0) is 13.6. The summed E-state index contributed by atoms with van der Waals surface area (Å²) in [5.41, 5.74) is 5.81. The molecule has 3 N–H and O–H groups in total. The molecule has 0 bridgehead atoms. The Morgan fingerprint density at radius 1 is 1.17 bits per heavy atom. The van der Waals surface area contributed by atoms with Crippen LogP contribution in [-0.2, 0) is 4.79 Å². The lowest BCUT2D eigenvalue weighted by Crippen LogP contribution is -2.50. The second-order valence-electron chi connectivity index (χ2n) is 6.70. The highest BCUT2D eigenvalue weighted by Crippen LogP contribution is 2.24. The van der Waals surface area contributed by atoms with Crippen LogP contribution in [0.3, 0.4) is 0 Å². The lowest BCUT2D eigenvalue weighted by atomic mass is 9.85. The third-order valence-electron chi connectivity index (χ3n) is 4.07. The van der Waals surface area contributed by atoms with Crippen molar-refractivity contribution in [2.75, 3.05) is 6.54 Å². The number of rotatable bonds is 3. The predicted octanol–water partition coefficient (Wildman–Crippen LogP) is 2.84. The van der Waals surface area contributed by atoms with Gasteiger partial charge < -0.3 is 11.1 Å². The average molecular weight is 254 g/mol. The third kappa shape index (κ3) is 4.97. The molecule has 1 fully saturated rings. The summed E-state index contributed by atoms with van der Waals surface area (Å²) in [7, 11) is 0. The first-order valence-corrected chi connectivity index (χ1v) is 7.45. The minimum absolute atomic E-state index is 0.0338. The summed E-state index contributed by atoms with van der Waals surface area (Å²) in [5, 5.41) is 3.16. The van der Waals surface area contributed by atoms with Crippen LogP contribution in [-0.4, -0.2) is 18.5 Å².